The van der Waals surface area contributed by atoms with Crippen molar-refractivity contribution in [2.75, 3.05) is 32.1 Å². The quantitative estimate of drug-likeness (QED) is 0.862. The number of aryl methyl sites for hydroxylation is 2. The molecule has 25 heavy (non-hydrogen) atoms. The number of amides is 1. The minimum atomic E-state index is 0.114. The standard InChI is InChI=1S/C20H26N4O/c1-14-7-9-16(10-8-14)20(25)24-11-5-6-17(13-24)18-12-19(23(3)4)22-15(2)21-18/h7-10,12,17H,5-6,11,13H2,1-4H3. The summed E-state index contributed by atoms with van der Waals surface area (Å²) in [6.07, 6.45) is 2.06. The molecule has 0 spiro atoms. The number of carbonyl (C=O) groups is 1. The molecule has 0 N–H and O–H groups in total. The SMILES string of the molecule is Cc1ccc(C(=O)N2CCCC(c3cc(N(C)C)nc(C)n3)C2)cc1. The van der Waals surface area contributed by atoms with Crippen molar-refractivity contribution in [1.82, 2.24) is 14.9 Å². The van der Waals surface area contributed by atoms with Gasteiger partial charge < -0.3 is 9.80 Å². The molecule has 1 aliphatic rings. The van der Waals surface area contributed by atoms with Crippen LogP contribution in [0.3, 0.4) is 0 Å². The van der Waals surface area contributed by atoms with Crippen LogP contribution >= 0.6 is 0 Å². The monoisotopic (exact) mass is 338 g/mol. The van der Waals surface area contributed by atoms with Crippen LogP contribution in [-0.4, -0.2) is 48.0 Å². The molecule has 2 aromatic rings. The molecule has 3 rings (SSSR count). The number of nitrogens with zero attached hydrogens (tertiary/aromatic N) is 4. The van der Waals surface area contributed by atoms with Crippen molar-refractivity contribution in [3.8, 4) is 0 Å². The van der Waals surface area contributed by atoms with Crippen molar-refractivity contribution < 1.29 is 4.79 Å². The predicted molar refractivity (Wildman–Crippen MR) is 100 cm³/mol. The van der Waals surface area contributed by atoms with Crippen LogP contribution in [0.15, 0.2) is 30.3 Å². The highest BCUT2D eigenvalue weighted by molar-refractivity contribution is 5.94. The molecular formula is C20H26N4O. The van der Waals surface area contributed by atoms with Gasteiger partial charge in [0.1, 0.15) is 11.6 Å². The average Bonchev–Trinajstić information content (AvgIpc) is 2.61. The van der Waals surface area contributed by atoms with E-state index in [2.05, 4.69) is 16.0 Å². The van der Waals surface area contributed by atoms with Crippen molar-refractivity contribution in [3.05, 3.63) is 53.0 Å². The van der Waals surface area contributed by atoms with Gasteiger partial charge in [-0.25, -0.2) is 9.97 Å². The fraction of sp³-hybridized carbons (Fsp3) is 0.450. The maximum atomic E-state index is 12.8. The molecule has 1 atom stereocenters. The summed E-state index contributed by atoms with van der Waals surface area (Å²) in [7, 11) is 3.97. The van der Waals surface area contributed by atoms with Gasteiger partial charge in [0.2, 0.25) is 0 Å². The molecule has 132 valence electrons. The van der Waals surface area contributed by atoms with Crippen molar-refractivity contribution in [2.24, 2.45) is 0 Å². The lowest BCUT2D eigenvalue weighted by molar-refractivity contribution is 0.0706. The Morgan fingerprint density at radius 3 is 2.56 bits per heavy atom. The van der Waals surface area contributed by atoms with Crippen LogP contribution in [0.1, 0.15) is 46.2 Å². The van der Waals surface area contributed by atoms with E-state index in [9.17, 15) is 4.79 Å². The first-order valence-corrected chi connectivity index (χ1v) is 8.83. The summed E-state index contributed by atoms with van der Waals surface area (Å²) < 4.78 is 0. The molecule has 1 aliphatic heterocycles. The second-order valence-electron chi connectivity index (χ2n) is 7.05. The highest BCUT2D eigenvalue weighted by atomic mass is 16.2. The number of anilines is 1. The summed E-state index contributed by atoms with van der Waals surface area (Å²) >= 11 is 0. The second kappa shape index (κ2) is 7.21. The molecule has 5 heteroatoms. The van der Waals surface area contributed by atoms with E-state index in [1.807, 2.05) is 62.0 Å². The summed E-state index contributed by atoms with van der Waals surface area (Å²) in [5, 5.41) is 0. The van der Waals surface area contributed by atoms with E-state index in [4.69, 9.17) is 0 Å². The molecule has 1 amide bonds. The number of aromatic nitrogens is 2. The Hall–Kier alpha value is -2.43. The molecule has 1 aromatic carbocycles. The lowest BCUT2D eigenvalue weighted by atomic mass is 9.93. The first-order chi connectivity index (χ1) is 11.9. The largest absolute Gasteiger partial charge is 0.363 e. The predicted octanol–water partition coefficient (Wildman–Crippen LogP) is 3.18. The molecule has 0 saturated carbocycles. The normalized spacial score (nSPS) is 17.4. The Morgan fingerprint density at radius 1 is 1.16 bits per heavy atom. The molecular weight excluding hydrogens is 312 g/mol. The lowest BCUT2D eigenvalue weighted by Gasteiger charge is -2.33. The Kier molecular flexibility index (Phi) is 5.02. The van der Waals surface area contributed by atoms with Crippen molar-refractivity contribution in [3.63, 3.8) is 0 Å². The Balaban J connectivity index is 1.79. The number of carbonyl (C=O) groups excluding carboxylic acids is 1. The van der Waals surface area contributed by atoms with Gasteiger partial charge >= 0.3 is 0 Å². The zero-order chi connectivity index (χ0) is 18.0. The number of hydrogen-bond acceptors (Lipinski definition) is 4. The third kappa shape index (κ3) is 3.98. The van der Waals surface area contributed by atoms with E-state index >= 15 is 0 Å². The smallest absolute Gasteiger partial charge is 0.253 e. The molecule has 0 bridgehead atoms. The Labute approximate surface area is 149 Å². The lowest BCUT2D eigenvalue weighted by Crippen LogP contribution is -2.39. The van der Waals surface area contributed by atoms with Crippen LogP contribution in [0.2, 0.25) is 0 Å². The van der Waals surface area contributed by atoms with Crippen LogP contribution in [0, 0.1) is 13.8 Å². The summed E-state index contributed by atoms with van der Waals surface area (Å²) in [5.74, 6) is 2.08. The highest BCUT2D eigenvalue weighted by Crippen LogP contribution is 2.28. The fourth-order valence-electron chi connectivity index (χ4n) is 3.29. The van der Waals surface area contributed by atoms with Gasteiger partial charge in [0.05, 0.1) is 5.69 Å². The van der Waals surface area contributed by atoms with Crippen molar-refractivity contribution in [1.29, 1.82) is 0 Å². The first kappa shape index (κ1) is 17.4. The second-order valence-corrected chi connectivity index (χ2v) is 7.05. The average molecular weight is 338 g/mol. The van der Waals surface area contributed by atoms with Gasteiger partial charge in [-0.1, -0.05) is 17.7 Å². The third-order valence-electron chi connectivity index (χ3n) is 4.73. The Bertz CT molecular complexity index is 755. The van der Waals surface area contributed by atoms with E-state index in [1.165, 1.54) is 5.56 Å². The molecule has 5 nitrogen and oxygen atoms in total. The molecule has 1 saturated heterocycles. The van der Waals surface area contributed by atoms with Gasteiger partial charge in [-0.2, -0.15) is 0 Å². The number of benzene rings is 1. The van der Waals surface area contributed by atoms with E-state index in [1.54, 1.807) is 0 Å². The van der Waals surface area contributed by atoms with Crippen LogP contribution in [-0.2, 0) is 0 Å². The molecule has 2 heterocycles. The van der Waals surface area contributed by atoms with Crippen molar-refractivity contribution >= 4 is 11.7 Å². The van der Waals surface area contributed by atoms with Gasteiger partial charge in [0, 0.05) is 44.7 Å². The van der Waals surface area contributed by atoms with E-state index in [0.717, 1.165) is 48.8 Å². The van der Waals surface area contributed by atoms with Gasteiger partial charge in [0.25, 0.3) is 5.91 Å². The van der Waals surface area contributed by atoms with E-state index < -0.39 is 0 Å². The molecule has 0 radical (unpaired) electrons. The number of piperidine rings is 1. The first-order valence-electron chi connectivity index (χ1n) is 8.83. The van der Waals surface area contributed by atoms with Gasteiger partial charge in [-0.3, -0.25) is 4.79 Å². The summed E-state index contributed by atoms with van der Waals surface area (Å²) in [5.41, 5.74) is 2.97. The molecule has 0 aliphatic carbocycles. The minimum absolute atomic E-state index is 0.114. The molecule has 1 fully saturated rings. The van der Waals surface area contributed by atoms with Gasteiger partial charge in [-0.15, -0.1) is 0 Å². The Morgan fingerprint density at radius 2 is 1.88 bits per heavy atom. The highest BCUT2D eigenvalue weighted by Gasteiger charge is 2.27. The topological polar surface area (TPSA) is 49.3 Å². The van der Waals surface area contributed by atoms with Crippen LogP contribution in [0.25, 0.3) is 0 Å². The minimum Gasteiger partial charge on any atom is -0.363 e. The van der Waals surface area contributed by atoms with Crippen LogP contribution in [0.4, 0.5) is 5.82 Å². The summed E-state index contributed by atoms with van der Waals surface area (Å²) in [6, 6.07) is 9.87. The van der Waals surface area contributed by atoms with Crippen LogP contribution < -0.4 is 4.90 Å². The van der Waals surface area contributed by atoms with Crippen molar-refractivity contribution in [2.45, 2.75) is 32.6 Å². The molecule has 1 aromatic heterocycles. The summed E-state index contributed by atoms with van der Waals surface area (Å²) in [4.78, 5) is 25.9. The third-order valence-corrected chi connectivity index (χ3v) is 4.73. The van der Waals surface area contributed by atoms with Gasteiger partial charge in [-0.05, 0) is 38.8 Å². The number of rotatable bonds is 3. The van der Waals surface area contributed by atoms with E-state index in [0.29, 0.717) is 0 Å². The zero-order valence-corrected chi connectivity index (χ0v) is 15.5. The number of likely N-dealkylation sites (tertiary alicyclic amines) is 1. The number of hydrogen-bond donors (Lipinski definition) is 0. The maximum absolute atomic E-state index is 12.8. The van der Waals surface area contributed by atoms with Crippen LogP contribution in [0.5, 0.6) is 0 Å². The van der Waals surface area contributed by atoms with E-state index in [-0.39, 0.29) is 11.8 Å². The zero-order valence-electron chi connectivity index (χ0n) is 15.5. The maximum Gasteiger partial charge on any atom is 0.253 e. The molecule has 1 unspecified atom stereocenters. The van der Waals surface area contributed by atoms with Gasteiger partial charge in [0.15, 0.2) is 0 Å². The summed E-state index contributed by atoms with van der Waals surface area (Å²) in [6.45, 7) is 5.49. The fourth-order valence-corrected chi connectivity index (χ4v) is 3.29.